The molecule has 0 aromatic heterocycles. The van der Waals surface area contributed by atoms with Crippen LogP contribution in [0.2, 0.25) is 5.02 Å². The minimum Gasteiger partial charge on any atom is -0.506 e. The molecule has 2 rings (SSSR count). The number of halogens is 1. The maximum absolute atomic E-state index is 9.49. The van der Waals surface area contributed by atoms with Gasteiger partial charge in [-0.05, 0) is 31.0 Å². The number of phenolic OH excluding ortho intramolecular Hbond substituents is 1. The highest BCUT2D eigenvalue weighted by molar-refractivity contribution is 6.32. The van der Waals surface area contributed by atoms with E-state index in [1.165, 1.54) is 0 Å². The summed E-state index contributed by atoms with van der Waals surface area (Å²) in [4.78, 5) is 2.40. The minimum atomic E-state index is 0.176. The van der Waals surface area contributed by atoms with Gasteiger partial charge in [0.25, 0.3) is 0 Å². The molecule has 0 spiro atoms. The Labute approximate surface area is 107 Å². The highest BCUT2D eigenvalue weighted by Crippen LogP contribution is 2.27. The van der Waals surface area contributed by atoms with Crippen molar-refractivity contribution < 1.29 is 9.84 Å². The van der Waals surface area contributed by atoms with Crippen molar-refractivity contribution >= 4 is 11.6 Å². The second kappa shape index (κ2) is 6.24. The van der Waals surface area contributed by atoms with Gasteiger partial charge in [0, 0.05) is 13.1 Å². The molecule has 17 heavy (non-hydrogen) atoms. The fraction of sp³-hybridized carbons (Fsp3) is 0.538. The van der Waals surface area contributed by atoms with E-state index in [0.29, 0.717) is 5.02 Å². The van der Waals surface area contributed by atoms with E-state index in [4.69, 9.17) is 16.3 Å². The van der Waals surface area contributed by atoms with Gasteiger partial charge in [0.1, 0.15) is 5.75 Å². The maximum atomic E-state index is 9.49. The van der Waals surface area contributed by atoms with Gasteiger partial charge in [0.2, 0.25) is 0 Å². The smallest absolute Gasteiger partial charge is 0.134 e. The number of phenols is 1. The summed E-state index contributed by atoms with van der Waals surface area (Å²) in [6.07, 6.45) is 1.97. The first kappa shape index (κ1) is 12.7. The zero-order valence-electron chi connectivity index (χ0n) is 9.86. The van der Waals surface area contributed by atoms with Crippen LogP contribution in [0.15, 0.2) is 18.2 Å². The molecule has 94 valence electrons. The molecule has 3 nitrogen and oxygen atoms in total. The first-order valence-corrected chi connectivity index (χ1v) is 6.41. The zero-order valence-corrected chi connectivity index (χ0v) is 10.6. The minimum absolute atomic E-state index is 0.176. The summed E-state index contributed by atoms with van der Waals surface area (Å²) in [5.41, 5.74) is 1.03. The molecular weight excluding hydrogens is 238 g/mol. The summed E-state index contributed by atoms with van der Waals surface area (Å²) in [6, 6.07) is 5.43. The van der Waals surface area contributed by atoms with Gasteiger partial charge in [-0.15, -0.1) is 0 Å². The molecule has 0 amide bonds. The van der Waals surface area contributed by atoms with Crippen LogP contribution in [0.3, 0.4) is 0 Å². The molecule has 1 aromatic carbocycles. The van der Waals surface area contributed by atoms with E-state index in [2.05, 4.69) is 4.90 Å². The van der Waals surface area contributed by atoms with Crippen LogP contribution < -0.4 is 0 Å². The average Bonchev–Trinajstić information content (AvgIpc) is 2.36. The lowest BCUT2D eigenvalue weighted by Crippen LogP contribution is -2.36. The van der Waals surface area contributed by atoms with Gasteiger partial charge >= 0.3 is 0 Å². The van der Waals surface area contributed by atoms with Crippen LogP contribution in [0, 0.1) is 0 Å². The van der Waals surface area contributed by atoms with Gasteiger partial charge in [-0.1, -0.05) is 23.7 Å². The van der Waals surface area contributed by atoms with Crippen molar-refractivity contribution in [2.24, 2.45) is 0 Å². The average molecular weight is 256 g/mol. The van der Waals surface area contributed by atoms with Crippen LogP contribution in [-0.2, 0) is 11.2 Å². The lowest BCUT2D eigenvalue weighted by atomic mass is 10.1. The van der Waals surface area contributed by atoms with Crippen LogP contribution in [0.1, 0.15) is 12.0 Å². The van der Waals surface area contributed by atoms with Crippen molar-refractivity contribution in [1.29, 1.82) is 0 Å². The van der Waals surface area contributed by atoms with Crippen LogP contribution in [0.4, 0.5) is 0 Å². The first-order valence-electron chi connectivity index (χ1n) is 6.04. The van der Waals surface area contributed by atoms with Crippen molar-refractivity contribution in [3.8, 4) is 5.75 Å². The highest BCUT2D eigenvalue weighted by atomic mass is 35.5. The molecule has 1 N–H and O–H groups in total. The summed E-state index contributed by atoms with van der Waals surface area (Å²) < 4.78 is 5.30. The van der Waals surface area contributed by atoms with Crippen molar-refractivity contribution in [3.05, 3.63) is 28.8 Å². The first-order chi connectivity index (χ1) is 8.27. The third-order valence-corrected chi connectivity index (χ3v) is 3.52. The normalized spacial score (nSPS) is 17.2. The number of aromatic hydroxyl groups is 1. The summed E-state index contributed by atoms with van der Waals surface area (Å²) in [5.74, 6) is 0.176. The summed E-state index contributed by atoms with van der Waals surface area (Å²) in [7, 11) is 0. The fourth-order valence-corrected chi connectivity index (χ4v) is 2.30. The predicted octanol–water partition coefficient (Wildman–Crippen LogP) is 2.31. The third-order valence-electron chi connectivity index (χ3n) is 3.08. The molecule has 1 aliphatic rings. The monoisotopic (exact) mass is 255 g/mol. The number of aryl methyl sites for hydroxylation is 1. The summed E-state index contributed by atoms with van der Waals surface area (Å²) in [6.45, 7) is 4.79. The topological polar surface area (TPSA) is 32.7 Å². The van der Waals surface area contributed by atoms with Crippen molar-refractivity contribution in [1.82, 2.24) is 4.90 Å². The summed E-state index contributed by atoms with van der Waals surface area (Å²) in [5, 5.41) is 9.98. The number of benzene rings is 1. The highest BCUT2D eigenvalue weighted by Gasteiger charge is 2.10. The van der Waals surface area contributed by atoms with E-state index in [9.17, 15) is 5.11 Å². The van der Waals surface area contributed by atoms with E-state index in [-0.39, 0.29) is 5.75 Å². The van der Waals surface area contributed by atoms with E-state index in [1.54, 1.807) is 6.07 Å². The van der Waals surface area contributed by atoms with Gasteiger partial charge < -0.3 is 9.84 Å². The molecule has 0 atom stereocenters. The number of ether oxygens (including phenoxy) is 1. The number of hydrogen-bond acceptors (Lipinski definition) is 3. The van der Waals surface area contributed by atoms with Crippen LogP contribution >= 0.6 is 11.6 Å². The molecule has 1 fully saturated rings. The molecule has 1 saturated heterocycles. The molecule has 0 unspecified atom stereocenters. The van der Waals surface area contributed by atoms with Crippen LogP contribution in [-0.4, -0.2) is 42.9 Å². The molecule has 1 heterocycles. The second-order valence-electron chi connectivity index (χ2n) is 4.31. The third kappa shape index (κ3) is 3.60. The van der Waals surface area contributed by atoms with Gasteiger partial charge in [-0.2, -0.15) is 0 Å². The Kier molecular flexibility index (Phi) is 4.66. The van der Waals surface area contributed by atoms with Gasteiger partial charge in [-0.3, -0.25) is 4.90 Å². The molecule has 0 bridgehead atoms. The molecular formula is C13H18ClNO2. The fourth-order valence-electron chi connectivity index (χ4n) is 2.08. The number of hydrogen-bond donors (Lipinski definition) is 1. The van der Waals surface area contributed by atoms with Gasteiger partial charge in [0.05, 0.1) is 18.2 Å². The Hall–Kier alpha value is -0.770. The standard InChI is InChI=1S/C13H18ClNO2/c14-13-11(3-1-5-12(13)16)4-2-6-15-7-9-17-10-8-15/h1,3,5,16H,2,4,6-10H2. The van der Waals surface area contributed by atoms with Crippen molar-refractivity contribution in [2.45, 2.75) is 12.8 Å². The lowest BCUT2D eigenvalue weighted by molar-refractivity contribution is 0.0375. The Morgan fingerprint density at radius 2 is 2.06 bits per heavy atom. The summed E-state index contributed by atoms with van der Waals surface area (Å²) >= 11 is 6.03. The van der Waals surface area contributed by atoms with Gasteiger partial charge in [0.15, 0.2) is 0 Å². The predicted molar refractivity (Wildman–Crippen MR) is 68.7 cm³/mol. The molecule has 4 heteroatoms. The van der Waals surface area contributed by atoms with Gasteiger partial charge in [-0.25, -0.2) is 0 Å². The molecule has 0 saturated carbocycles. The Bertz CT molecular complexity index is 364. The van der Waals surface area contributed by atoms with Crippen molar-refractivity contribution in [2.75, 3.05) is 32.8 Å². The molecule has 0 radical (unpaired) electrons. The Morgan fingerprint density at radius 1 is 1.29 bits per heavy atom. The Balaban J connectivity index is 1.79. The van der Waals surface area contributed by atoms with Crippen molar-refractivity contribution in [3.63, 3.8) is 0 Å². The zero-order chi connectivity index (χ0) is 12.1. The van der Waals surface area contributed by atoms with E-state index in [1.807, 2.05) is 12.1 Å². The van der Waals surface area contributed by atoms with E-state index in [0.717, 1.165) is 51.3 Å². The molecule has 0 aliphatic carbocycles. The Morgan fingerprint density at radius 3 is 2.82 bits per heavy atom. The van der Waals surface area contributed by atoms with Crippen LogP contribution in [0.25, 0.3) is 0 Å². The molecule has 1 aromatic rings. The molecule has 1 aliphatic heterocycles. The number of nitrogens with zero attached hydrogens (tertiary/aromatic N) is 1. The SMILES string of the molecule is Oc1cccc(CCCN2CCOCC2)c1Cl. The largest absolute Gasteiger partial charge is 0.506 e. The quantitative estimate of drug-likeness (QED) is 0.896. The second-order valence-corrected chi connectivity index (χ2v) is 4.69. The number of morpholine rings is 1. The number of rotatable bonds is 4. The maximum Gasteiger partial charge on any atom is 0.134 e. The van der Waals surface area contributed by atoms with E-state index < -0.39 is 0 Å². The van der Waals surface area contributed by atoms with E-state index >= 15 is 0 Å². The van der Waals surface area contributed by atoms with Crippen LogP contribution in [0.5, 0.6) is 5.75 Å². The lowest BCUT2D eigenvalue weighted by Gasteiger charge is -2.26.